The summed E-state index contributed by atoms with van der Waals surface area (Å²) in [6, 6.07) is 21.2. The maximum atomic E-state index is 13.3. The van der Waals surface area contributed by atoms with Crippen molar-refractivity contribution < 1.29 is 9.53 Å². The number of anilines is 1. The third kappa shape index (κ3) is 5.44. The SMILES string of the molecule is O=C1/C(=C/c2cc3ccccc3nc2N2CCC(Cc3ccccc3)CC2)SC(=S)N1CC1CCCO1. The molecular formula is C30H31N3O2S2. The highest BCUT2D eigenvalue weighted by Gasteiger charge is 2.35. The number of hydrogen-bond acceptors (Lipinski definition) is 6. The summed E-state index contributed by atoms with van der Waals surface area (Å²) in [5, 5.41) is 1.08. The summed E-state index contributed by atoms with van der Waals surface area (Å²) in [6.45, 7) is 3.23. The van der Waals surface area contributed by atoms with Gasteiger partial charge in [0, 0.05) is 30.6 Å². The predicted molar refractivity (Wildman–Crippen MR) is 156 cm³/mol. The summed E-state index contributed by atoms with van der Waals surface area (Å²) < 4.78 is 6.37. The molecule has 3 aliphatic heterocycles. The number of piperidine rings is 1. The zero-order valence-corrected chi connectivity index (χ0v) is 22.5. The molecule has 5 nitrogen and oxygen atoms in total. The van der Waals surface area contributed by atoms with Gasteiger partial charge in [0.05, 0.1) is 23.1 Å². The number of thiocarbonyl (C=S) groups is 1. The van der Waals surface area contributed by atoms with E-state index in [1.807, 2.05) is 18.2 Å². The van der Waals surface area contributed by atoms with Crippen LogP contribution in [0.2, 0.25) is 0 Å². The highest BCUT2D eigenvalue weighted by molar-refractivity contribution is 8.26. The van der Waals surface area contributed by atoms with Gasteiger partial charge in [0.15, 0.2) is 0 Å². The number of amides is 1. The van der Waals surface area contributed by atoms with Gasteiger partial charge in [0.2, 0.25) is 0 Å². The van der Waals surface area contributed by atoms with Crippen LogP contribution >= 0.6 is 24.0 Å². The van der Waals surface area contributed by atoms with Gasteiger partial charge in [0.25, 0.3) is 5.91 Å². The van der Waals surface area contributed by atoms with E-state index in [0.29, 0.717) is 21.7 Å². The normalized spacial score (nSPS) is 22.1. The van der Waals surface area contributed by atoms with Crippen LogP contribution in [0.1, 0.15) is 36.8 Å². The number of rotatable bonds is 6. The molecule has 3 saturated heterocycles. The number of benzene rings is 2. The standard InChI is InChI=1S/C30H31N3O2S2/c34-29-27(37-30(36)33(29)20-25-10-6-16-35-25)19-24-18-23-9-4-5-11-26(23)31-28(24)32-14-12-22(13-15-32)17-21-7-2-1-3-8-21/h1-5,7-9,11,18-19,22,25H,6,10,12-17,20H2/b27-19-. The van der Waals surface area contributed by atoms with Crippen molar-refractivity contribution in [2.75, 3.05) is 31.1 Å². The molecule has 0 saturated carbocycles. The van der Waals surface area contributed by atoms with Crippen molar-refractivity contribution in [2.45, 2.75) is 38.2 Å². The Bertz CT molecular complexity index is 1330. The monoisotopic (exact) mass is 529 g/mol. The maximum absolute atomic E-state index is 13.3. The van der Waals surface area contributed by atoms with Gasteiger partial charge in [-0.05, 0) is 61.8 Å². The highest BCUT2D eigenvalue weighted by Crippen LogP contribution is 2.36. The van der Waals surface area contributed by atoms with Crippen molar-refractivity contribution in [1.82, 2.24) is 9.88 Å². The quantitative estimate of drug-likeness (QED) is 0.285. The van der Waals surface area contributed by atoms with Crippen LogP contribution in [0, 0.1) is 5.92 Å². The van der Waals surface area contributed by atoms with E-state index >= 15 is 0 Å². The maximum Gasteiger partial charge on any atom is 0.266 e. The molecule has 3 fully saturated rings. The van der Waals surface area contributed by atoms with E-state index in [4.69, 9.17) is 21.9 Å². The number of carbonyl (C=O) groups excluding carboxylic acids is 1. The van der Waals surface area contributed by atoms with E-state index < -0.39 is 0 Å². The summed E-state index contributed by atoms with van der Waals surface area (Å²) in [4.78, 5) is 23.2. The summed E-state index contributed by atoms with van der Waals surface area (Å²) in [5.41, 5.74) is 3.38. The molecule has 6 rings (SSSR count). The number of aromatic nitrogens is 1. The third-order valence-electron chi connectivity index (χ3n) is 7.58. The van der Waals surface area contributed by atoms with E-state index in [-0.39, 0.29) is 12.0 Å². The van der Waals surface area contributed by atoms with E-state index in [9.17, 15) is 4.79 Å². The van der Waals surface area contributed by atoms with Crippen molar-refractivity contribution in [3.05, 3.63) is 76.7 Å². The molecule has 0 aliphatic carbocycles. The van der Waals surface area contributed by atoms with Crippen molar-refractivity contribution in [3.8, 4) is 0 Å². The van der Waals surface area contributed by atoms with Crippen LogP contribution in [0.15, 0.2) is 65.6 Å². The molecule has 190 valence electrons. The Labute approximate surface area is 227 Å². The average molecular weight is 530 g/mol. The minimum atomic E-state index is -0.0221. The molecule has 2 aromatic carbocycles. The summed E-state index contributed by atoms with van der Waals surface area (Å²) >= 11 is 6.98. The number of para-hydroxylation sites is 1. The summed E-state index contributed by atoms with van der Waals surface area (Å²) in [7, 11) is 0. The number of nitrogens with zero attached hydrogens (tertiary/aromatic N) is 3. The van der Waals surface area contributed by atoms with Crippen LogP contribution in [-0.4, -0.2) is 52.5 Å². The number of ether oxygens (including phenoxy) is 1. The van der Waals surface area contributed by atoms with Crippen molar-refractivity contribution in [1.29, 1.82) is 0 Å². The minimum Gasteiger partial charge on any atom is -0.376 e. The topological polar surface area (TPSA) is 45.7 Å². The lowest BCUT2D eigenvalue weighted by molar-refractivity contribution is -0.123. The first kappa shape index (κ1) is 24.6. The first-order valence-electron chi connectivity index (χ1n) is 13.2. The van der Waals surface area contributed by atoms with Crippen LogP contribution in [0.25, 0.3) is 17.0 Å². The first-order valence-corrected chi connectivity index (χ1v) is 14.4. The smallest absolute Gasteiger partial charge is 0.266 e. The largest absolute Gasteiger partial charge is 0.376 e. The molecule has 1 aromatic heterocycles. The fourth-order valence-corrected chi connectivity index (χ4v) is 6.83. The second-order valence-corrected chi connectivity index (χ2v) is 11.8. The number of fused-ring (bicyclic) bond motifs is 1. The van der Waals surface area contributed by atoms with Gasteiger partial charge >= 0.3 is 0 Å². The first-order chi connectivity index (χ1) is 18.1. The summed E-state index contributed by atoms with van der Waals surface area (Å²) in [5.74, 6) is 1.61. The Kier molecular flexibility index (Phi) is 7.27. The van der Waals surface area contributed by atoms with Gasteiger partial charge in [-0.1, -0.05) is 72.5 Å². The van der Waals surface area contributed by atoms with Crippen LogP contribution in [0.5, 0.6) is 0 Å². The van der Waals surface area contributed by atoms with Gasteiger partial charge in [-0.25, -0.2) is 4.98 Å². The second-order valence-electron chi connectivity index (χ2n) is 10.1. The molecular weight excluding hydrogens is 498 g/mol. The lowest BCUT2D eigenvalue weighted by atomic mass is 9.90. The van der Waals surface area contributed by atoms with Crippen LogP contribution in [-0.2, 0) is 16.0 Å². The lowest BCUT2D eigenvalue weighted by Gasteiger charge is -2.34. The van der Waals surface area contributed by atoms with Crippen molar-refractivity contribution >= 4 is 57.0 Å². The van der Waals surface area contributed by atoms with Gasteiger partial charge in [0.1, 0.15) is 10.1 Å². The van der Waals surface area contributed by atoms with Gasteiger partial charge < -0.3 is 9.64 Å². The molecule has 0 N–H and O–H groups in total. The average Bonchev–Trinajstić information content (AvgIpc) is 3.53. The molecule has 0 spiro atoms. The molecule has 4 heterocycles. The fraction of sp³-hybridized carbons (Fsp3) is 0.367. The predicted octanol–water partition coefficient (Wildman–Crippen LogP) is 6.07. The Hall–Kier alpha value is -2.74. The Morgan fingerprint density at radius 3 is 2.62 bits per heavy atom. The molecule has 3 aromatic rings. The van der Waals surface area contributed by atoms with Gasteiger partial charge in [-0.15, -0.1) is 0 Å². The molecule has 0 radical (unpaired) electrons. The van der Waals surface area contributed by atoms with Gasteiger partial charge in [-0.3, -0.25) is 9.69 Å². The van der Waals surface area contributed by atoms with Crippen molar-refractivity contribution in [2.24, 2.45) is 5.92 Å². The lowest BCUT2D eigenvalue weighted by Crippen LogP contribution is -2.35. The summed E-state index contributed by atoms with van der Waals surface area (Å²) in [6.07, 6.45) is 7.49. The Balaban J connectivity index is 1.25. The molecule has 7 heteroatoms. The third-order valence-corrected chi connectivity index (χ3v) is 8.96. The number of thioether (sulfide) groups is 1. The van der Waals surface area contributed by atoms with E-state index in [0.717, 1.165) is 74.1 Å². The molecule has 37 heavy (non-hydrogen) atoms. The van der Waals surface area contributed by atoms with E-state index in [1.54, 1.807) is 4.90 Å². The molecule has 3 aliphatic rings. The second kappa shape index (κ2) is 10.9. The zero-order chi connectivity index (χ0) is 25.2. The van der Waals surface area contributed by atoms with E-state index in [2.05, 4.69) is 53.4 Å². The minimum absolute atomic E-state index is 0.0221. The highest BCUT2D eigenvalue weighted by atomic mass is 32.2. The molecule has 1 atom stereocenters. The van der Waals surface area contributed by atoms with Crippen LogP contribution in [0.4, 0.5) is 5.82 Å². The van der Waals surface area contributed by atoms with Crippen LogP contribution < -0.4 is 4.90 Å². The number of carbonyl (C=O) groups is 1. The van der Waals surface area contributed by atoms with E-state index in [1.165, 1.54) is 17.3 Å². The van der Waals surface area contributed by atoms with Crippen LogP contribution in [0.3, 0.4) is 0 Å². The number of pyridine rings is 1. The number of hydrogen-bond donors (Lipinski definition) is 0. The molecule has 1 unspecified atom stereocenters. The van der Waals surface area contributed by atoms with Gasteiger partial charge in [-0.2, -0.15) is 0 Å². The molecule has 0 bridgehead atoms. The fourth-order valence-electron chi connectivity index (χ4n) is 5.57. The Morgan fingerprint density at radius 1 is 1.05 bits per heavy atom. The Morgan fingerprint density at radius 2 is 1.84 bits per heavy atom. The molecule has 1 amide bonds. The van der Waals surface area contributed by atoms with Crippen molar-refractivity contribution in [3.63, 3.8) is 0 Å². The zero-order valence-electron chi connectivity index (χ0n) is 20.8.